The summed E-state index contributed by atoms with van der Waals surface area (Å²) in [4.78, 5) is 10.2. The maximum Gasteiger partial charge on any atom is 1.00 e. The Morgan fingerprint density at radius 3 is 1.21 bits per heavy atom. The van der Waals surface area contributed by atoms with Crippen LogP contribution in [0.25, 0.3) is 0 Å². The zero-order chi connectivity index (χ0) is 27.2. The van der Waals surface area contributed by atoms with Crippen molar-refractivity contribution in [3.8, 4) is 0 Å². The van der Waals surface area contributed by atoms with Gasteiger partial charge in [0.15, 0.2) is 0 Å². The van der Waals surface area contributed by atoms with Crippen molar-refractivity contribution in [1.29, 1.82) is 0 Å². The first-order chi connectivity index (χ1) is 17.3. The summed E-state index contributed by atoms with van der Waals surface area (Å²) >= 11 is 0. The zero-order valence-electron chi connectivity index (χ0n) is 25.8. The first-order valence-electron chi connectivity index (χ1n) is 15.1. The Morgan fingerprint density at radius 1 is 0.553 bits per heavy atom. The van der Waals surface area contributed by atoms with Crippen LogP contribution in [0, 0.1) is 0 Å². The maximum absolute atomic E-state index is 10.3. The van der Waals surface area contributed by atoms with E-state index in [2.05, 4.69) is 26.0 Å². The van der Waals surface area contributed by atoms with E-state index in [1.807, 2.05) is 0 Å². The molecule has 0 aliphatic carbocycles. The molecule has 0 aromatic heterocycles. The molecule has 0 fully saturated rings. The first-order valence-corrected chi connectivity index (χ1v) is 16.7. The van der Waals surface area contributed by atoms with Crippen LogP contribution in [-0.2, 0) is 14.9 Å². The molecule has 0 atom stereocenters. The summed E-state index contributed by atoms with van der Waals surface area (Å²) in [5.74, 6) is -1.11. The van der Waals surface area contributed by atoms with Crippen LogP contribution in [0.5, 0.6) is 0 Å². The maximum atomic E-state index is 10.3. The molecule has 0 bridgehead atoms. The summed E-state index contributed by atoms with van der Waals surface area (Å²) in [5.41, 5.74) is 0. The van der Waals surface area contributed by atoms with Crippen molar-refractivity contribution in [3.63, 3.8) is 0 Å². The van der Waals surface area contributed by atoms with Gasteiger partial charge >= 0.3 is 59.1 Å². The van der Waals surface area contributed by atoms with E-state index in [9.17, 15) is 22.9 Å². The summed E-state index contributed by atoms with van der Waals surface area (Å²) < 4.78 is 30.9. The van der Waals surface area contributed by atoms with Crippen LogP contribution < -0.4 is 64.2 Å². The number of hydrogen-bond donors (Lipinski definition) is 0. The van der Waals surface area contributed by atoms with Crippen LogP contribution in [0.2, 0.25) is 0 Å². The van der Waals surface area contributed by atoms with Crippen LogP contribution >= 0.6 is 0 Å². The Kier molecular flexibility index (Phi) is 46.2. The molecule has 0 spiro atoms. The van der Waals surface area contributed by atoms with Gasteiger partial charge in [-0.05, 0) is 44.9 Å². The fraction of sp³-hybridized carbons (Fsp3) is 0.900. The van der Waals surface area contributed by atoms with E-state index in [-0.39, 0.29) is 71.3 Å². The van der Waals surface area contributed by atoms with Gasteiger partial charge in [-0.1, -0.05) is 135 Å². The van der Waals surface area contributed by atoms with Gasteiger partial charge in [-0.3, -0.25) is 0 Å². The summed E-state index contributed by atoms with van der Waals surface area (Å²) in [5, 5.41) is 10.2. The molecule has 0 unspecified atom stereocenters. The van der Waals surface area contributed by atoms with Crippen molar-refractivity contribution in [2.45, 2.75) is 168 Å². The van der Waals surface area contributed by atoms with Gasteiger partial charge < -0.3 is 14.5 Å². The van der Waals surface area contributed by atoms with Gasteiger partial charge in [0.2, 0.25) is 0 Å². The van der Waals surface area contributed by atoms with Crippen LogP contribution in [0.4, 0.5) is 0 Å². The number of carbonyl (C=O) groups excluding carboxylic acids is 1. The monoisotopic (exact) mass is 576 g/mol. The van der Waals surface area contributed by atoms with Crippen molar-refractivity contribution in [3.05, 3.63) is 12.2 Å². The van der Waals surface area contributed by atoms with Crippen LogP contribution in [0.3, 0.4) is 0 Å². The topological polar surface area (TPSA) is 97.3 Å². The fourth-order valence-corrected chi connectivity index (χ4v) is 4.66. The molecular formula is C30H58Na2O5S. The van der Waals surface area contributed by atoms with E-state index < -0.39 is 16.1 Å². The minimum atomic E-state index is -3.98. The number of carboxylic acid groups (broad SMARTS) is 1. The van der Waals surface area contributed by atoms with Crippen LogP contribution in [-0.4, -0.2) is 24.7 Å². The van der Waals surface area contributed by atoms with Crippen LogP contribution in [0.1, 0.15) is 168 Å². The van der Waals surface area contributed by atoms with Crippen molar-refractivity contribution >= 4 is 16.1 Å². The minimum Gasteiger partial charge on any atom is -0.748 e. The fourth-order valence-electron chi connectivity index (χ4n) is 4.11. The molecular weight excluding hydrogens is 518 g/mol. The minimum absolute atomic E-state index is 0. The molecule has 0 aliphatic heterocycles. The number of carboxylic acids is 1. The molecule has 8 heteroatoms. The van der Waals surface area contributed by atoms with E-state index in [0.29, 0.717) is 6.42 Å². The summed E-state index contributed by atoms with van der Waals surface area (Å²) in [6.07, 6.45) is 32.3. The van der Waals surface area contributed by atoms with Crippen molar-refractivity contribution in [1.82, 2.24) is 0 Å². The number of allylic oxidation sites excluding steroid dienone is 2. The van der Waals surface area contributed by atoms with Gasteiger partial charge in [-0.15, -0.1) is 0 Å². The van der Waals surface area contributed by atoms with Gasteiger partial charge in [0.1, 0.15) is 0 Å². The number of unbranched alkanes of at least 4 members (excludes halogenated alkanes) is 20. The van der Waals surface area contributed by atoms with E-state index in [4.69, 9.17) is 0 Å². The van der Waals surface area contributed by atoms with E-state index >= 15 is 0 Å². The molecule has 216 valence electrons. The normalized spacial score (nSPS) is 10.9. The molecule has 0 aromatic carbocycles. The third kappa shape index (κ3) is 50.0. The molecule has 0 saturated carbocycles. The largest absolute Gasteiger partial charge is 1.00 e. The van der Waals surface area contributed by atoms with Gasteiger partial charge in [0.05, 0.1) is 10.1 Å². The van der Waals surface area contributed by atoms with Crippen LogP contribution in [0.15, 0.2) is 12.2 Å². The predicted molar refractivity (Wildman–Crippen MR) is 151 cm³/mol. The van der Waals surface area contributed by atoms with E-state index in [1.54, 1.807) is 0 Å². The molecule has 0 saturated heterocycles. The Labute approximate surface area is 281 Å². The second-order valence-electron chi connectivity index (χ2n) is 10.2. The predicted octanol–water partition coefficient (Wildman–Crippen LogP) is 2.23. The standard InChI is InChI=1S/C18H34O2.C12H26O3S.2Na/c1-2-3-4-5-6-7-8-9-10-11-12-13-14-15-16-17-18(19)20;1-2-3-4-5-6-7-8-9-10-11-12-16(13,14)15;;/h9-10H,2-8,11-17H2,1H3,(H,19,20);2-12H2,1H3,(H,13,14,15);;/q;;2*+1/p-2/b10-9-;;;. The Balaban J connectivity index is -0.000000295. The molecule has 0 heterocycles. The summed E-state index contributed by atoms with van der Waals surface area (Å²) in [6, 6.07) is 0. The molecule has 0 radical (unpaired) electrons. The van der Waals surface area contributed by atoms with E-state index in [1.165, 1.54) is 109 Å². The molecule has 5 nitrogen and oxygen atoms in total. The third-order valence-electron chi connectivity index (χ3n) is 6.39. The van der Waals surface area contributed by atoms with Gasteiger partial charge in [-0.2, -0.15) is 0 Å². The SMILES string of the molecule is CCCCCCCC/C=C\CCCCCCCC(=O)[O-].CCCCCCCCCCCCS(=O)(=O)[O-].[Na+].[Na+]. The molecule has 0 rings (SSSR count). The second-order valence-corrected chi connectivity index (χ2v) is 11.7. The van der Waals surface area contributed by atoms with Crippen molar-refractivity contribution < 1.29 is 82.0 Å². The summed E-state index contributed by atoms with van der Waals surface area (Å²) in [7, 11) is -3.98. The van der Waals surface area contributed by atoms with Gasteiger partial charge in [-0.25, -0.2) is 8.42 Å². The molecule has 0 amide bonds. The molecule has 38 heavy (non-hydrogen) atoms. The molecule has 0 aromatic rings. The average Bonchev–Trinajstić information content (AvgIpc) is 2.82. The quantitative estimate of drug-likeness (QED) is 0.0681. The number of carbonyl (C=O) groups is 1. The average molecular weight is 577 g/mol. The van der Waals surface area contributed by atoms with Crippen molar-refractivity contribution in [2.75, 3.05) is 5.75 Å². The molecule has 0 N–H and O–H groups in total. The Morgan fingerprint density at radius 2 is 0.868 bits per heavy atom. The van der Waals surface area contributed by atoms with E-state index in [0.717, 1.165) is 32.1 Å². The molecule has 0 aliphatic rings. The third-order valence-corrected chi connectivity index (χ3v) is 7.18. The summed E-state index contributed by atoms with van der Waals surface area (Å²) in [6.45, 7) is 4.47. The smallest absolute Gasteiger partial charge is 0.748 e. The first kappa shape index (κ1) is 46.1. The Hall–Kier alpha value is 1.12. The second kappa shape index (κ2) is 38.1. The van der Waals surface area contributed by atoms with Crippen molar-refractivity contribution in [2.24, 2.45) is 0 Å². The van der Waals surface area contributed by atoms with Gasteiger partial charge in [0, 0.05) is 11.7 Å². The number of hydrogen-bond acceptors (Lipinski definition) is 5. The van der Waals surface area contributed by atoms with Gasteiger partial charge in [0.25, 0.3) is 0 Å². The Bertz CT molecular complexity index is 583. The number of rotatable bonds is 26. The number of aliphatic carboxylic acids is 1. The zero-order valence-corrected chi connectivity index (χ0v) is 30.6.